The summed E-state index contributed by atoms with van der Waals surface area (Å²) >= 11 is 0. The number of hydrogen-bond acceptors (Lipinski definition) is 3. The first kappa shape index (κ1) is 23.5. The van der Waals surface area contributed by atoms with E-state index < -0.39 is 5.41 Å². The number of benzene rings is 1. The van der Waals surface area contributed by atoms with Crippen LogP contribution in [0.1, 0.15) is 26.3 Å². The van der Waals surface area contributed by atoms with Crippen LogP contribution in [0, 0.1) is 12.3 Å². The van der Waals surface area contributed by atoms with E-state index in [9.17, 15) is 4.79 Å². The van der Waals surface area contributed by atoms with Gasteiger partial charge < -0.3 is 20.7 Å². The first-order valence-electron chi connectivity index (χ1n) is 8.18. The molecule has 0 bridgehead atoms. The maximum absolute atomic E-state index is 11.8. The Labute approximate surface area is 168 Å². The Morgan fingerprint density at radius 3 is 2.56 bits per heavy atom. The van der Waals surface area contributed by atoms with Crippen molar-refractivity contribution in [3.05, 3.63) is 29.8 Å². The molecule has 0 aromatic heterocycles. The molecule has 0 spiro atoms. The first-order chi connectivity index (χ1) is 11.3. The summed E-state index contributed by atoms with van der Waals surface area (Å²) in [5.41, 5.74) is 0.650. The van der Waals surface area contributed by atoms with Crippen LogP contribution in [0.5, 0.6) is 5.75 Å². The molecule has 0 saturated carbocycles. The van der Waals surface area contributed by atoms with Crippen LogP contribution in [0.25, 0.3) is 0 Å². The SMILES string of the molecule is CN=C(NCC(C)Oc1cccc(C)c1)NCC(C)(C)C(=O)NC.I. The van der Waals surface area contributed by atoms with Gasteiger partial charge in [-0.15, -0.1) is 24.0 Å². The van der Waals surface area contributed by atoms with Gasteiger partial charge in [-0.2, -0.15) is 0 Å². The van der Waals surface area contributed by atoms with Crippen molar-refractivity contribution in [2.45, 2.75) is 33.8 Å². The van der Waals surface area contributed by atoms with E-state index >= 15 is 0 Å². The lowest BCUT2D eigenvalue weighted by atomic mass is 9.92. The number of hydrogen-bond donors (Lipinski definition) is 3. The number of ether oxygens (including phenoxy) is 1. The number of carbonyl (C=O) groups excluding carboxylic acids is 1. The molecule has 1 atom stereocenters. The highest BCUT2D eigenvalue weighted by Gasteiger charge is 2.26. The van der Waals surface area contributed by atoms with Crippen LogP contribution in [0.15, 0.2) is 29.3 Å². The van der Waals surface area contributed by atoms with Gasteiger partial charge in [0.05, 0.1) is 12.0 Å². The summed E-state index contributed by atoms with van der Waals surface area (Å²) in [5, 5.41) is 9.06. The van der Waals surface area contributed by atoms with Gasteiger partial charge in [0.2, 0.25) is 5.91 Å². The van der Waals surface area contributed by atoms with E-state index in [0.717, 1.165) is 5.75 Å². The molecular formula is C18H31IN4O2. The molecule has 1 amide bonds. The number of carbonyl (C=O) groups is 1. The van der Waals surface area contributed by atoms with Crippen LogP contribution in [0.3, 0.4) is 0 Å². The molecule has 142 valence electrons. The van der Waals surface area contributed by atoms with Gasteiger partial charge in [0.15, 0.2) is 5.96 Å². The first-order valence-corrected chi connectivity index (χ1v) is 8.18. The number of nitrogens with zero attached hydrogens (tertiary/aromatic N) is 1. The van der Waals surface area contributed by atoms with Gasteiger partial charge in [-0.05, 0) is 45.4 Å². The van der Waals surface area contributed by atoms with Gasteiger partial charge in [0.25, 0.3) is 0 Å². The monoisotopic (exact) mass is 462 g/mol. The number of amides is 1. The minimum atomic E-state index is -0.518. The largest absolute Gasteiger partial charge is 0.489 e. The quantitative estimate of drug-likeness (QED) is 0.331. The van der Waals surface area contributed by atoms with Crippen molar-refractivity contribution in [2.75, 3.05) is 27.2 Å². The lowest BCUT2D eigenvalue weighted by molar-refractivity contribution is -0.128. The third-order valence-corrected chi connectivity index (χ3v) is 3.65. The normalized spacial score (nSPS) is 12.6. The van der Waals surface area contributed by atoms with Gasteiger partial charge in [-0.25, -0.2) is 0 Å². The second-order valence-corrected chi connectivity index (χ2v) is 6.51. The van der Waals surface area contributed by atoms with Crippen LogP contribution in [-0.4, -0.2) is 45.2 Å². The molecule has 1 aromatic rings. The van der Waals surface area contributed by atoms with Gasteiger partial charge in [-0.3, -0.25) is 9.79 Å². The summed E-state index contributed by atoms with van der Waals surface area (Å²) < 4.78 is 5.88. The van der Waals surface area contributed by atoms with Crippen LogP contribution >= 0.6 is 24.0 Å². The van der Waals surface area contributed by atoms with Gasteiger partial charge >= 0.3 is 0 Å². The van der Waals surface area contributed by atoms with Crippen molar-refractivity contribution in [1.82, 2.24) is 16.0 Å². The topological polar surface area (TPSA) is 74.8 Å². The second kappa shape index (κ2) is 11.2. The Morgan fingerprint density at radius 1 is 1.32 bits per heavy atom. The summed E-state index contributed by atoms with van der Waals surface area (Å²) in [6.07, 6.45) is -0.0164. The summed E-state index contributed by atoms with van der Waals surface area (Å²) in [6, 6.07) is 7.97. The van der Waals surface area contributed by atoms with E-state index in [4.69, 9.17) is 4.74 Å². The zero-order valence-corrected chi connectivity index (χ0v) is 18.3. The van der Waals surface area contributed by atoms with Crippen LogP contribution in [-0.2, 0) is 4.79 Å². The fourth-order valence-corrected chi connectivity index (χ4v) is 2.15. The number of halogens is 1. The molecule has 6 nitrogen and oxygen atoms in total. The van der Waals surface area contributed by atoms with E-state index in [2.05, 4.69) is 20.9 Å². The van der Waals surface area contributed by atoms with Crippen molar-refractivity contribution in [1.29, 1.82) is 0 Å². The minimum Gasteiger partial charge on any atom is -0.489 e. The third kappa shape index (κ3) is 8.42. The molecule has 1 aromatic carbocycles. The third-order valence-electron chi connectivity index (χ3n) is 3.65. The van der Waals surface area contributed by atoms with Crippen LogP contribution < -0.4 is 20.7 Å². The number of nitrogens with one attached hydrogen (secondary N) is 3. The van der Waals surface area contributed by atoms with Crippen molar-refractivity contribution in [3.8, 4) is 5.75 Å². The Bertz CT molecular complexity index is 576. The average molecular weight is 462 g/mol. The van der Waals surface area contributed by atoms with Gasteiger partial charge in [0, 0.05) is 20.6 Å². The van der Waals surface area contributed by atoms with Gasteiger partial charge in [-0.1, -0.05) is 12.1 Å². The summed E-state index contributed by atoms with van der Waals surface area (Å²) in [4.78, 5) is 16.0. The molecule has 7 heteroatoms. The lowest BCUT2D eigenvalue weighted by Crippen LogP contribution is -2.48. The second-order valence-electron chi connectivity index (χ2n) is 6.51. The molecule has 0 aliphatic carbocycles. The van der Waals surface area contributed by atoms with Crippen molar-refractivity contribution in [3.63, 3.8) is 0 Å². The lowest BCUT2D eigenvalue weighted by Gasteiger charge is -2.24. The van der Waals surface area contributed by atoms with E-state index in [1.165, 1.54) is 5.56 Å². The molecule has 25 heavy (non-hydrogen) atoms. The van der Waals surface area contributed by atoms with Gasteiger partial charge in [0.1, 0.15) is 11.9 Å². The predicted molar refractivity (Wildman–Crippen MR) is 114 cm³/mol. The molecule has 0 fully saturated rings. The number of guanidine groups is 1. The highest BCUT2D eigenvalue weighted by Crippen LogP contribution is 2.14. The van der Waals surface area contributed by atoms with E-state index in [1.807, 2.05) is 52.0 Å². The number of aliphatic imine (C=N–C) groups is 1. The maximum atomic E-state index is 11.8. The zero-order valence-electron chi connectivity index (χ0n) is 16.0. The fourth-order valence-electron chi connectivity index (χ4n) is 2.15. The molecule has 0 aliphatic heterocycles. The summed E-state index contributed by atoms with van der Waals surface area (Å²) in [7, 11) is 3.34. The molecule has 0 radical (unpaired) electrons. The Balaban J connectivity index is 0.00000576. The zero-order chi connectivity index (χ0) is 18.2. The molecule has 0 saturated heterocycles. The Kier molecular flexibility index (Phi) is 10.5. The summed E-state index contributed by atoms with van der Waals surface area (Å²) in [6.45, 7) is 8.89. The number of rotatable bonds is 7. The highest BCUT2D eigenvalue weighted by atomic mass is 127. The van der Waals surface area contributed by atoms with Crippen molar-refractivity contribution < 1.29 is 9.53 Å². The standard InChI is InChI=1S/C18H30N4O2.HI/c1-13-8-7-9-15(10-13)24-14(2)11-21-17(20-6)22-12-18(3,4)16(23)19-5;/h7-10,14H,11-12H2,1-6H3,(H,19,23)(H2,20,21,22);1H. The van der Waals surface area contributed by atoms with E-state index in [0.29, 0.717) is 19.0 Å². The molecule has 1 unspecified atom stereocenters. The predicted octanol–water partition coefficient (Wildman–Crippen LogP) is 2.32. The molecule has 3 N–H and O–H groups in total. The van der Waals surface area contributed by atoms with Crippen molar-refractivity contribution in [2.24, 2.45) is 10.4 Å². The fraction of sp³-hybridized carbons (Fsp3) is 0.556. The maximum Gasteiger partial charge on any atom is 0.227 e. The Morgan fingerprint density at radius 2 is 2.00 bits per heavy atom. The molecule has 1 rings (SSSR count). The summed E-state index contributed by atoms with van der Waals surface area (Å²) in [5.74, 6) is 1.49. The highest BCUT2D eigenvalue weighted by molar-refractivity contribution is 14.0. The Hall–Kier alpha value is -1.51. The smallest absolute Gasteiger partial charge is 0.227 e. The van der Waals surface area contributed by atoms with E-state index in [-0.39, 0.29) is 36.0 Å². The van der Waals surface area contributed by atoms with Crippen molar-refractivity contribution >= 4 is 35.8 Å². The molecule has 0 aliphatic rings. The van der Waals surface area contributed by atoms with Crippen LogP contribution in [0.2, 0.25) is 0 Å². The number of aryl methyl sites for hydroxylation is 1. The molecular weight excluding hydrogens is 431 g/mol. The van der Waals surface area contributed by atoms with Crippen LogP contribution in [0.4, 0.5) is 0 Å². The average Bonchev–Trinajstić information content (AvgIpc) is 2.54. The minimum absolute atomic E-state index is 0. The van der Waals surface area contributed by atoms with E-state index in [1.54, 1.807) is 14.1 Å². The molecule has 0 heterocycles.